The van der Waals surface area contributed by atoms with Crippen LogP contribution in [0.1, 0.15) is 42.9 Å². The Balaban J connectivity index is 1.63. The molecule has 2 aromatic carbocycles. The lowest BCUT2D eigenvalue weighted by molar-refractivity contribution is -0.116. The second kappa shape index (κ2) is 9.07. The van der Waals surface area contributed by atoms with Crippen LogP contribution in [-0.4, -0.2) is 42.6 Å². The molecular formula is C22H29N3O3S. The van der Waals surface area contributed by atoms with Gasteiger partial charge in [0.05, 0.1) is 6.54 Å². The lowest BCUT2D eigenvalue weighted by atomic mass is 10.0. The number of hydrogen-bond acceptors (Lipinski definition) is 3. The number of hydrogen-bond donors (Lipinski definition) is 1. The van der Waals surface area contributed by atoms with Gasteiger partial charge < -0.3 is 5.32 Å². The third-order valence-corrected chi connectivity index (χ3v) is 7.06. The third-order valence-electron chi connectivity index (χ3n) is 5.13. The number of benzene rings is 2. The van der Waals surface area contributed by atoms with E-state index in [9.17, 15) is 13.2 Å². The quantitative estimate of drug-likeness (QED) is 0.785. The molecule has 156 valence electrons. The lowest BCUT2D eigenvalue weighted by Crippen LogP contribution is -2.51. The molecule has 7 heteroatoms. The molecule has 0 aromatic heterocycles. The van der Waals surface area contributed by atoms with Crippen molar-refractivity contribution >= 4 is 21.8 Å². The summed E-state index contributed by atoms with van der Waals surface area (Å²) in [6.45, 7) is 7.17. The van der Waals surface area contributed by atoms with Crippen LogP contribution in [0.25, 0.3) is 0 Å². The van der Waals surface area contributed by atoms with Gasteiger partial charge in [0.15, 0.2) is 0 Å². The smallest absolute Gasteiger partial charge is 0.282 e. The van der Waals surface area contributed by atoms with Crippen molar-refractivity contribution in [2.75, 3.05) is 25.0 Å². The number of carbonyl (C=O) groups is 1. The molecular weight excluding hydrogens is 386 g/mol. The molecule has 1 amide bonds. The van der Waals surface area contributed by atoms with Gasteiger partial charge in [-0.2, -0.15) is 17.0 Å². The summed E-state index contributed by atoms with van der Waals surface area (Å²) < 4.78 is 28.6. The largest absolute Gasteiger partial charge is 0.325 e. The van der Waals surface area contributed by atoms with Gasteiger partial charge in [0.1, 0.15) is 0 Å². The van der Waals surface area contributed by atoms with Crippen LogP contribution in [0.5, 0.6) is 0 Å². The lowest BCUT2D eigenvalue weighted by Gasteiger charge is -2.34. The summed E-state index contributed by atoms with van der Waals surface area (Å²) in [5.74, 6) is 0.0841. The summed E-state index contributed by atoms with van der Waals surface area (Å²) in [5.41, 5.74) is 3.93. The molecule has 0 aliphatic carbocycles. The van der Waals surface area contributed by atoms with Crippen LogP contribution in [0.4, 0.5) is 5.69 Å². The monoisotopic (exact) mass is 415 g/mol. The number of nitrogens with one attached hydrogen (secondary N) is 1. The highest BCUT2D eigenvalue weighted by Crippen LogP contribution is 2.20. The van der Waals surface area contributed by atoms with Gasteiger partial charge in [-0.05, 0) is 42.5 Å². The summed E-state index contributed by atoms with van der Waals surface area (Å²) in [6.07, 6.45) is 0.696. The molecule has 6 nitrogen and oxygen atoms in total. The number of carbonyl (C=O) groups excluding carboxylic acids is 1. The first-order valence-corrected chi connectivity index (χ1v) is 11.4. The number of aryl methyl sites for hydroxylation is 1. The average Bonchev–Trinajstić information content (AvgIpc) is 2.67. The Kier molecular flexibility index (Phi) is 6.72. The zero-order chi connectivity index (χ0) is 21.0. The first-order chi connectivity index (χ1) is 13.8. The molecule has 1 heterocycles. The molecule has 0 bridgehead atoms. The summed E-state index contributed by atoms with van der Waals surface area (Å²) in [7, 11) is -3.67. The molecule has 29 heavy (non-hydrogen) atoms. The highest BCUT2D eigenvalue weighted by molar-refractivity contribution is 7.86. The van der Waals surface area contributed by atoms with Crippen LogP contribution >= 0.6 is 0 Å². The van der Waals surface area contributed by atoms with Gasteiger partial charge in [-0.15, -0.1) is 0 Å². The van der Waals surface area contributed by atoms with Crippen LogP contribution in [0.2, 0.25) is 0 Å². The van der Waals surface area contributed by atoms with Crippen molar-refractivity contribution in [1.82, 2.24) is 8.61 Å². The molecule has 0 saturated carbocycles. The number of rotatable bonds is 6. The standard InChI is InChI=1S/C22H29N3O3S/c1-17(2)20-9-11-21(12-10-20)23-22(26)16-25-14-4-13-24(29(25,27)28)15-19-7-5-18(3)6-8-19/h5-12,17H,4,13-16H2,1-3H3,(H,23,26). The summed E-state index contributed by atoms with van der Waals surface area (Å²) >= 11 is 0. The van der Waals surface area contributed by atoms with Gasteiger partial charge in [-0.3, -0.25) is 4.79 Å². The maximum absolute atomic E-state index is 13.0. The SMILES string of the molecule is Cc1ccc(CN2CCCN(CC(=O)Nc3ccc(C(C)C)cc3)S2(=O)=O)cc1. The third kappa shape index (κ3) is 5.44. The predicted octanol–water partition coefficient (Wildman–Crippen LogP) is 3.51. The van der Waals surface area contributed by atoms with Crippen LogP contribution in [0, 0.1) is 6.92 Å². The van der Waals surface area contributed by atoms with E-state index in [1.54, 1.807) is 0 Å². The first-order valence-electron chi connectivity index (χ1n) is 9.96. The first kappa shape index (κ1) is 21.5. The van der Waals surface area contributed by atoms with Gasteiger partial charge in [0.2, 0.25) is 5.91 Å². The van der Waals surface area contributed by atoms with Gasteiger partial charge in [-0.25, -0.2) is 0 Å². The minimum atomic E-state index is -3.67. The molecule has 1 saturated heterocycles. The van der Waals surface area contributed by atoms with E-state index in [0.29, 0.717) is 37.7 Å². The van der Waals surface area contributed by atoms with Crippen molar-refractivity contribution in [1.29, 1.82) is 0 Å². The fraction of sp³-hybridized carbons (Fsp3) is 0.409. The van der Waals surface area contributed by atoms with Gasteiger partial charge in [-0.1, -0.05) is 55.8 Å². The predicted molar refractivity (Wildman–Crippen MR) is 116 cm³/mol. The Labute approximate surface area is 173 Å². The molecule has 1 N–H and O–H groups in total. The number of amides is 1. The highest BCUT2D eigenvalue weighted by Gasteiger charge is 2.34. The molecule has 3 rings (SSSR count). The molecule has 1 fully saturated rings. The van der Waals surface area contributed by atoms with Crippen LogP contribution in [-0.2, 0) is 21.5 Å². The highest BCUT2D eigenvalue weighted by atomic mass is 32.2. The summed E-state index contributed by atoms with van der Waals surface area (Å²) in [6, 6.07) is 15.5. The van der Waals surface area contributed by atoms with E-state index in [1.165, 1.54) is 14.2 Å². The van der Waals surface area contributed by atoms with Crippen molar-refractivity contribution in [2.24, 2.45) is 0 Å². The van der Waals surface area contributed by atoms with E-state index in [2.05, 4.69) is 19.2 Å². The Bertz CT molecular complexity index is 938. The fourth-order valence-electron chi connectivity index (χ4n) is 3.35. The summed E-state index contributed by atoms with van der Waals surface area (Å²) in [4.78, 5) is 12.5. The fourth-order valence-corrected chi connectivity index (χ4v) is 4.99. The maximum Gasteiger partial charge on any atom is 0.282 e. The van der Waals surface area contributed by atoms with E-state index in [4.69, 9.17) is 0 Å². The maximum atomic E-state index is 13.0. The topological polar surface area (TPSA) is 69.7 Å². The Hall–Kier alpha value is -2.22. The second-order valence-electron chi connectivity index (χ2n) is 7.84. The van der Waals surface area contributed by atoms with E-state index in [0.717, 1.165) is 11.1 Å². The zero-order valence-electron chi connectivity index (χ0n) is 17.3. The van der Waals surface area contributed by atoms with Crippen molar-refractivity contribution in [3.8, 4) is 0 Å². The van der Waals surface area contributed by atoms with Gasteiger partial charge >= 0.3 is 0 Å². The normalized spacial score (nSPS) is 17.4. The van der Waals surface area contributed by atoms with Crippen molar-refractivity contribution in [3.63, 3.8) is 0 Å². The molecule has 0 atom stereocenters. The number of nitrogens with zero attached hydrogens (tertiary/aromatic N) is 2. The minimum Gasteiger partial charge on any atom is -0.325 e. The molecule has 2 aromatic rings. The van der Waals surface area contributed by atoms with E-state index in [-0.39, 0.29) is 12.5 Å². The van der Waals surface area contributed by atoms with Crippen LogP contribution in [0.15, 0.2) is 48.5 Å². The average molecular weight is 416 g/mol. The Morgan fingerprint density at radius 2 is 1.62 bits per heavy atom. The van der Waals surface area contributed by atoms with Gasteiger partial charge in [0.25, 0.3) is 10.2 Å². The zero-order valence-corrected chi connectivity index (χ0v) is 18.1. The molecule has 1 aliphatic heterocycles. The summed E-state index contributed by atoms with van der Waals surface area (Å²) in [5, 5.41) is 2.80. The molecule has 1 aliphatic rings. The molecule has 0 radical (unpaired) electrons. The van der Waals surface area contributed by atoms with Gasteiger partial charge in [0, 0.05) is 25.3 Å². The number of anilines is 1. The van der Waals surface area contributed by atoms with E-state index < -0.39 is 10.2 Å². The van der Waals surface area contributed by atoms with Crippen LogP contribution < -0.4 is 5.32 Å². The Morgan fingerprint density at radius 3 is 2.24 bits per heavy atom. The second-order valence-corrected chi connectivity index (χ2v) is 9.77. The van der Waals surface area contributed by atoms with E-state index >= 15 is 0 Å². The van der Waals surface area contributed by atoms with Crippen molar-refractivity contribution < 1.29 is 13.2 Å². The van der Waals surface area contributed by atoms with E-state index in [1.807, 2.05) is 55.5 Å². The molecule has 0 spiro atoms. The minimum absolute atomic E-state index is 0.182. The molecule has 0 unspecified atom stereocenters. The van der Waals surface area contributed by atoms with Crippen molar-refractivity contribution in [3.05, 3.63) is 65.2 Å². The van der Waals surface area contributed by atoms with Crippen LogP contribution in [0.3, 0.4) is 0 Å². The van der Waals surface area contributed by atoms with Crippen molar-refractivity contribution in [2.45, 2.75) is 39.7 Å². The Morgan fingerprint density at radius 1 is 1.00 bits per heavy atom.